The van der Waals surface area contributed by atoms with Crippen LogP contribution in [0.4, 0.5) is 4.39 Å². The molecule has 198 valence electrons. The molecule has 1 atom stereocenters. The van der Waals surface area contributed by atoms with Crippen molar-refractivity contribution < 1.29 is 18.7 Å². The van der Waals surface area contributed by atoms with Gasteiger partial charge in [-0.3, -0.25) is 14.5 Å². The van der Waals surface area contributed by atoms with Crippen LogP contribution in [0.25, 0.3) is 0 Å². The summed E-state index contributed by atoms with van der Waals surface area (Å²) in [5.74, 6) is -0.844. The summed E-state index contributed by atoms with van der Waals surface area (Å²) in [6.45, 7) is 5.88. The van der Waals surface area contributed by atoms with Crippen molar-refractivity contribution in [2.24, 2.45) is 5.10 Å². The molecule has 0 radical (unpaired) electrons. The van der Waals surface area contributed by atoms with E-state index in [2.05, 4.69) is 10.0 Å². The van der Waals surface area contributed by atoms with Gasteiger partial charge in [0.15, 0.2) is 0 Å². The summed E-state index contributed by atoms with van der Waals surface area (Å²) in [6.07, 6.45) is 0.391. The zero-order chi connectivity index (χ0) is 26.5. The Kier molecular flexibility index (Phi) is 8.26. The van der Waals surface area contributed by atoms with Gasteiger partial charge in [0.1, 0.15) is 12.4 Å². The van der Waals surface area contributed by atoms with E-state index in [-0.39, 0.29) is 30.2 Å². The maximum absolute atomic E-state index is 14.7. The van der Waals surface area contributed by atoms with Crippen LogP contribution in [0.3, 0.4) is 0 Å². The van der Waals surface area contributed by atoms with Gasteiger partial charge < -0.3 is 9.64 Å². The molecule has 38 heavy (non-hydrogen) atoms. The van der Waals surface area contributed by atoms with Gasteiger partial charge in [0.25, 0.3) is 11.8 Å². The first kappa shape index (κ1) is 26.2. The molecule has 2 aliphatic rings. The van der Waals surface area contributed by atoms with E-state index in [1.807, 2.05) is 42.6 Å². The monoisotopic (exact) mass is 534 g/mol. The zero-order valence-corrected chi connectivity index (χ0v) is 22.2. The molecule has 5 rings (SSSR count). The number of ether oxygens (including phenoxy) is 1. The molecule has 0 aliphatic carbocycles. The number of halogens is 1. The number of amides is 2. The first-order valence-electron chi connectivity index (χ1n) is 12.8. The third-order valence-electron chi connectivity index (χ3n) is 6.95. The highest BCUT2D eigenvalue weighted by atomic mass is 32.1. The van der Waals surface area contributed by atoms with E-state index < -0.39 is 0 Å². The average Bonchev–Trinajstić information content (AvgIpc) is 3.63. The van der Waals surface area contributed by atoms with Crippen molar-refractivity contribution in [1.29, 1.82) is 0 Å². The van der Waals surface area contributed by atoms with Gasteiger partial charge in [0.2, 0.25) is 0 Å². The third kappa shape index (κ3) is 6.01. The number of thiophene rings is 1. The Morgan fingerprint density at radius 1 is 1.08 bits per heavy atom. The Hall–Kier alpha value is -3.40. The molecule has 0 N–H and O–H groups in total. The Balaban J connectivity index is 1.40. The van der Waals surface area contributed by atoms with Crippen molar-refractivity contribution in [3.63, 3.8) is 0 Å². The Morgan fingerprint density at radius 2 is 1.84 bits per heavy atom. The van der Waals surface area contributed by atoms with Crippen LogP contribution in [-0.2, 0) is 9.53 Å². The largest absolute Gasteiger partial charge is 0.379 e. The van der Waals surface area contributed by atoms with Crippen molar-refractivity contribution in [2.75, 3.05) is 45.9 Å². The number of hydrazone groups is 1. The summed E-state index contributed by atoms with van der Waals surface area (Å²) in [4.78, 5) is 31.6. The molecular formula is C29H31FN4O3S. The number of rotatable bonds is 8. The summed E-state index contributed by atoms with van der Waals surface area (Å²) < 4.78 is 20.1. The van der Waals surface area contributed by atoms with E-state index in [9.17, 15) is 14.0 Å². The predicted octanol–water partition coefficient (Wildman–Crippen LogP) is 4.35. The fourth-order valence-corrected chi connectivity index (χ4v) is 5.47. The van der Waals surface area contributed by atoms with Gasteiger partial charge in [-0.1, -0.05) is 54.1 Å². The highest BCUT2D eigenvalue weighted by molar-refractivity contribution is 7.12. The molecule has 1 fully saturated rings. The number of hydrogen-bond acceptors (Lipinski definition) is 6. The quantitative estimate of drug-likeness (QED) is 0.431. The highest BCUT2D eigenvalue weighted by Crippen LogP contribution is 2.33. The van der Waals surface area contributed by atoms with Crippen molar-refractivity contribution in [3.8, 4) is 0 Å². The topological polar surface area (TPSA) is 65.5 Å². The maximum atomic E-state index is 14.7. The second-order valence-electron chi connectivity index (χ2n) is 9.55. The van der Waals surface area contributed by atoms with Gasteiger partial charge in [-0.15, -0.1) is 11.3 Å². The fourth-order valence-electron chi connectivity index (χ4n) is 4.78. The first-order valence-corrected chi connectivity index (χ1v) is 13.7. The van der Waals surface area contributed by atoms with Gasteiger partial charge in [-0.2, -0.15) is 5.10 Å². The van der Waals surface area contributed by atoms with Crippen LogP contribution in [0.2, 0.25) is 0 Å². The predicted molar refractivity (Wildman–Crippen MR) is 146 cm³/mol. The molecule has 9 heteroatoms. The summed E-state index contributed by atoms with van der Waals surface area (Å²) in [5.41, 5.74) is 2.93. The molecule has 3 heterocycles. The normalized spacial score (nSPS) is 17.9. The molecule has 0 bridgehead atoms. The van der Waals surface area contributed by atoms with Crippen LogP contribution in [-0.4, -0.2) is 78.3 Å². The molecular weight excluding hydrogens is 503 g/mol. The van der Waals surface area contributed by atoms with Crippen molar-refractivity contribution in [3.05, 3.63) is 93.4 Å². The standard InChI is InChI=1S/C29H31FN4O3S/c1-21-8-10-22(11-9-21)26-19-25(23-5-2-3-6-24(23)30)31-34(26)28(35)20-33(29(36)27-7-4-18-38-27)13-12-32-14-16-37-17-15-32/h2-11,18,26H,12-17,19-20H2,1H3/t26-/m0/s1. The molecule has 1 saturated heterocycles. The average molecular weight is 535 g/mol. The van der Waals surface area contributed by atoms with Crippen molar-refractivity contribution >= 4 is 28.9 Å². The van der Waals surface area contributed by atoms with Crippen LogP contribution in [0.5, 0.6) is 0 Å². The Labute approximate surface area is 226 Å². The van der Waals surface area contributed by atoms with E-state index in [1.165, 1.54) is 22.4 Å². The molecule has 2 amide bonds. The van der Waals surface area contributed by atoms with E-state index >= 15 is 0 Å². The summed E-state index contributed by atoms with van der Waals surface area (Å²) in [5, 5.41) is 7.92. The Bertz CT molecular complexity index is 1290. The smallest absolute Gasteiger partial charge is 0.264 e. The molecule has 0 spiro atoms. The van der Waals surface area contributed by atoms with Crippen molar-refractivity contribution in [1.82, 2.24) is 14.8 Å². The molecule has 2 aromatic carbocycles. The fraction of sp³-hybridized carbons (Fsp3) is 0.345. The minimum absolute atomic E-state index is 0.114. The number of nitrogens with zero attached hydrogens (tertiary/aromatic N) is 4. The molecule has 2 aliphatic heterocycles. The van der Waals surface area contributed by atoms with E-state index in [0.717, 1.165) is 24.2 Å². The lowest BCUT2D eigenvalue weighted by Crippen LogP contribution is -2.46. The van der Waals surface area contributed by atoms with Gasteiger partial charge in [-0.05, 0) is 30.0 Å². The number of morpholine rings is 1. The molecule has 0 saturated carbocycles. The van der Waals surface area contributed by atoms with E-state index in [1.54, 1.807) is 29.2 Å². The van der Waals surface area contributed by atoms with E-state index in [0.29, 0.717) is 48.9 Å². The highest BCUT2D eigenvalue weighted by Gasteiger charge is 2.35. The molecule has 7 nitrogen and oxygen atoms in total. The molecule has 1 aromatic heterocycles. The summed E-state index contributed by atoms with van der Waals surface area (Å²) in [6, 6.07) is 17.7. The summed E-state index contributed by atoms with van der Waals surface area (Å²) >= 11 is 1.36. The van der Waals surface area contributed by atoms with Gasteiger partial charge >= 0.3 is 0 Å². The zero-order valence-electron chi connectivity index (χ0n) is 21.4. The lowest BCUT2D eigenvalue weighted by Gasteiger charge is -2.31. The number of carbonyl (C=O) groups is 2. The molecule has 3 aromatic rings. The maximum Gasteiger partial charge on any atom is 0.264 e. The van der Waals surface area contributed by atoms with Crippen LogP contribution in [0, 0.1) is 12.7 Å². The summed E-state index contributed by atoms with van der Waals surface area (Å²) in [7, 11) is 0. The third-order valence-corrected chi connectivity index (χ3v) is 7.81. The van der Waals surface area contributed by atoms with Crippen LogP contribution < -0.4 is 0 Å². The van der Waals surface area contributed by atoms with Gasteiger partial charge in [0.05, 0.1) is 29.8 Å². The van der Waals surface area contributed by atoms with Crippen molar-refractivity contribution in [2.45, 2.75) is 19.4 Å². The second-order valence-corrected chi connectivity index (χ2v) is 10.5. The van der Waals surface area contributed by atoms with Crippen LogP contribution in [0.15, 0.2) is 71.1 Å². The number of aryl methyl sites for hydroxylation is 1. The van der Waals surface area contributed by atoms with Crippen LogP contribution in [0.1, 0.15) is 38.8 Å². The Morgan fingerprint density at radius 3 is 2.55 bits per heavy atom. The minimum atomic E-state index is -0.379. The number of hydrogen-bond donors (Lipinski definition) is 0. The second kappa shape index (κ2) is 12.0. The number of benzene rings is 2. The van der Waals surface area contributed by atoms with E-state index in [4.69, 9.17) is 4.74 Å². The number of carbonyl (C=O) groups excluding carboxylic acids is 2. The SMILES string of the molecule is Cc1ccc([C@@H]2CC(c3ccccc3F)=NN2C(=O)CN(CCN2CCOCC2)C(=O)c2cccs2)cc1. The first-order chi connectivity index (χ1) is 18.5. The lowest BCUT2D eigenvalue weighted by molar-refractivity contribution is -0.133. The lowest BCUT2D eigenvalue weighted by atomic mass is 9.97. The van der Waals surface area contributed by atoms with Crippen LogP contribution >= 0.6 is 11.3 Å². The molecule has 0 unspecified atom stereocenters. The van der Waals surface area contributed by atoms with Gasteiger partial charge in [0, 0.05) is 38.2 Å². The van der Waals surface area contributed by atoms with Gasteiger partial charge in [-0.25, -0.2) is 9.40 Å². The minimum Gasteiger partial charge on any atom is -0.379 e.